The Balaban J connectivity index is 1.55. The molecule has 1 N–H and O–H groups in total. The molecular weight excluding hydrogens is 449 g/mol. The molecule has 0 atom stereocenters. The lowest BCUT2D eigenvalue weighted by atomic mass is 10.1. The number of carboxylic acids is 1. The number of nitrogens with zero attached hydrogens (tertiary/aromatic N) is 5. The summed E-state index contributed by atoms with van der Waals surface area (Å²) in [5.41, 5.74) is 4.39. The molecule has 2 aromatic carbocycles. The first-order chi connectivity index (χ1) is 15.4. The Morgan fingerprint density at radius 3 is 2.72 bits per heavy atom. The summed E-state index contributed by atoms with van der Waals surface area (Å²) in [5, 5.41) is 23.9. The van der Waals surface area contributed by atoms with E-state index in [9.17, 15) is 4.79 Å². The van der Waals surface area contributed by atoms with E-state index >= 15 is 0 Å². The van der Waals surface area contributed by atoms with Crippen LogP contribution < -0.4 is 0 Å². The smallest absolute Gasteiger partial charge is 0.303 e. The fourth-order valence-electron chi connectivity index (χ4n) is 3.73. The maximum Gasteiger partial charge on any atom is 0.303 e. The van der Waals surface area contributed by atoms with Gasteiger partial charge in [0.25, 0.3) is 0 Å². The van der Waals surface area contributed by atoms with Crippen molar-refractivity contribution in [3.63, 3.8) is 0 Å². The Morgan fingerprint density at radius 2 is 1.94 bits per heavy atom. The molecule has 0 aliphatic carbocycles. The van der Waals surface area contributed by atoms with E-state index < -0.39 is 5.97 Å². The number of rotatable bonds is 9. The number of unbranched alkanes of at least 4 members (excludes halogenated alkanes) is 1. The number of carboxylic acid groups (broad SMARTS) is 1. The third-order valence-electron chi connectivity index (χ3n) is 5.32. The number of aromatic nitrogens is 5. The fraction of sp³-hybridized carbons (Fsp3) is 0.304. The van der Waals surface area contributed by atoms with Crippen molar-refractivity contribution in [2.75, 3.05) is 0 Å². The number of carbonyl (C=O) groups is 1. The molecule has 4 aromatic rings. The van der Waals surface area contributed by atoms with Crippen LogP contribution in [0.2, 0.25) is 10.0 Å². The highest BCUT2D eigenvalue weighted by molar-refractivity contribution is 6.35. The van der Waals surface area contributed by atoms with Gasteiger partial charge in [-0.2, -0.15) is 4.80 Å². The van der Waals surface area contributed by atoms with Gasteiger partial charge in [-0.05, 0) is 60.4 Å². The molecule has 7 nitrogen and oxygen atoms in total. The quantitative estimate of drug-likeness (QED) is 0.341. The number of aryl methyl sites for hydroxylation is 2. The summed E-state index contributed by atoms with van der Waals surface area (Å²) in [6.07, 6.45) is 4.10. The van der Waals surface area contributed by atoms with Crippen molar-refractivity contribution in [1.82, 2.24) is 24.8 Å². The lowest BCUT2D eigenvalue weighted by Gasteiger charge is -2.08. The molecule has 32 heavy (non-hydrogen) atoms. The first kappa shape index (κ1) is 22.3. The zero-order chi connectivity index (χ0) is 22.7. The fourth-order valence-corrected chi connectivity index (χ4v) is 4.20. The summed E-state index contributed by atoms with van der Waals surface area (Å²) < 4.78 is 2.18. The van der Waals surface area contributed by atoms with Gasteiger partial charge in [0.1, 0.15) is 0 Å². The molecule has 2 aromatic heterocycles. The Bertz CT molecular complexity index is 1260. The van der Waals surface area contributed by atoms with Crippen molar-refractivity contribution in [2.24, 2.45) is 0 Å². The monoisotopic (exact) mass is 471 g/mol. The number of aliphatic carboxylic acids is 1. The van der Waals surface area contributed by atoms with Gasteiger partial charge in [-0.1, -0.05) is 40.9 Å². The minimum absolute atomic E-state index is 0.151. The molecule has 0 spiro atoms. The molecule has 4 rings (SSSR count). The highest BCUT2D eigenvalue weighted by Crippen LogP contribution is 2.28. The van der Waals surface area contributed by atoms with Crippen LogP contribution in [-0.2, 0) is 24.3 Å². The summed E-state index contributed by atoms with van der Waals surface area (Å²) in [6.45, 7) is 3.25. The minimum Gasteiger partial charge on any atom is -0.481 e. The first-order valence-electron chi connectivity index (χ1n) is 10.4. The van der Waals surface area contributed by atoms with Crippen molar-refractivity contribution in [2.45, 2.75) is 45.7 Å². The van der Waals surface area contributed by atoms with Crippen LogP contribution >= 0.6 is 23.2 Å². The lowest BCUT2D eigenvalue weighted by Crippen LogP contribution is -2.04. The number of hydrogen-bond donors (Lipinski definition) is 1. The standard InChI is InChI=1S/C23H23Cl2N5O2/c1-15-5-8-21-19(10-15)17(14-29(21)13-16-6-7-18(24)12-20(16)25)11-22-26-28-30(27-22)9-3-2-4-23(31)32/h5-8,10,12,14H,2-4,9,11,13H2,1H3,(H,31,32). The van der Waals surface area contributed by atoms with Gasteiger partial charge in [0.2, 0.25) is 0 Å². The molecule has 0 bridgehead atoms. The van der Waals surface area contributed by atoms with Crippen molar-refractivity contribution in [1.29, 1.82) is 0 Å². The van der Waals surface area contributed by atoms with E-state index in [0.29, 0.717) is 48.2 Å². The van der Waals surface area contributed by atoms with Gasteiger partial charge >= 0.3 is 5.97 Å². The van der Waals surface area contributed by atoms with Crippen LogP contribution in [0.1, 0.15) is 41.8 Å². The van der Waals surface area contributed by atoms with E-state index in [0.717, 1.165) is 22.0 Å². The third kappa shape index (κ3) is 5.29. The van der Waals surface area contributed by atoms with E-state index in [1.165, 1.54) is 10.4 Å². The number of benzene rings is 2. The summed E-state index contributed by atoms with van der Waals surface area (Å²) in [6, 6.07) is 11.9. The third-order valence-corrected chi connectivity index (χ3v) is 5.90. The van der Waals surface area contributed by atoms with Crippen LogP contribution in [0, 0.1) is 6.92 Å². The average molecular weight is 472 g/mol. The molecule has 0 amide bonds. The normalized spacial score (nSPS) is 11.3. The molecular formula is C23H23Cl2N5O2. The molecule has 0 saturated heterocycles. The second kappa shape index (κ2) is 9.71. The van der Waals surface area contributed by atoms with Crippen molar-refractivity contribution >= 4 is 40.1 Å². The van der Waals surface area contributed by atoms with Gasteiger partial charge in [-0.25, -0.2) is 0 Å². The predicted molar refractivity (Wildman–Crippen MR) is 124 cm³/mol. The zero-order valence-corrected chi connectivity index (χ0v) is 19.1. The molecule has 0 aliphatic rings. The van der Waals surface area contributed by atoms with E-state index in [2.05, 4.69) is 51.3 Å². The van der Waals surface area contributed by atoms with Gasteiger partial charge in [0.05, 0.1) is 6.54 Å². The van der Waals surface area contributed by atoms with Crippen LogP contribution in [-0.4, -0.2) is 35.9 Å². The predicted octanol–water partition coefficient (Wildman–Crippen LogP) is 5.14. The van der Waals surface area contributed by atoms with Crippen LogP contribution in [0.15, 0.2) is 42.6 Å². The molecule has 0 aliphatic heterocycles. The van der Waals surface area contributed by atoms with Crippen LogP contribution in [0.3, 0.4) is 0 Å². The topological polar surface area (TPSA) is 85.8 Å². The van der Waals surface area contributed by atoms with E-state index in [1.807, 2.05) is 12.1 Å². The Labute approximate surface area is 195 Å². The van der Waals surface area contributed by atoms with Gasteiger partial charge in [0.15, 0.2) is 5.82 Å². The minimum atomic E-state index is -0.788. The van der Waals surface area contributed by atoms with Gasteiger partial charge in [-0.15, -0.1) is 10.2 Å². The molecule has 0 saturated carbocycles. The van der Waals surface area contributed by atoms with Gasteiger partial charge in [0, 0.05) is 46.5 Å². The first-order valence-corrected chi connectivity index (χ1v) is 11.2. The van der Waals surface area contributed by atoms with Crippen molar-refractivity contribution < 1.29 is 9.90 Å². The van der Waals surface area contributed by atoms with Crippen LogP contribution in [0.4, 0.5) is 0 Å². The summed E-state index contributed by atoms with van der Waals surface area (Å²) >= 11 is 12.4. The van der Waals surface area contributed by atoms with E-state index in [4.69, 9.17) is 28.3 Å². The molecule has 2 heterocycles. The summed E-state index contributed by atoms with van der Waals surface area (Å²) in [4.78, 5) is 12.2. The summed E-state index contributed by atoms with van der Waals surface area (Å²) in [7, 11) is 0. The van der Waals surface area contributed by atoms with Crippen LogP contribution in [0.5, 0.6) is 0 Å². The molecule has 0 fully saturated rings. The van der Waals surface area contributed by atoms with Crippen LogP contribution in [0.25, 0.3) is 10.9 Å². The molecule has 166 valence electrons. The molecule has 0 radical (unpaired) electrons. The lowest BCUT2D eigenvalue weighted by molar-refractivity contribution is -0.137. The Morgan fingerprint density at radius 1 is 1.09 bits per heavy atom. The largest absolute Gasteiger partial charge is 0.481 e. The second-order valence-corrected chi connectivity index (χ2v) is 8.71. The SMILES string of the molecule is Cc1ccc2c(c1)c(Cc1nnn(CCCCC(=O)O)n1)cn2Cc1ccc(Cl)cc1Cl. The Hall–Kier alpha value is -2.90. The van der Waals surface area contributed by atoms with Gasteiger partial charge < -0.3 is 9.67 Å². The van der Waals surface area contributed by atoms with Crippen molar-refractivity contribution in [3.8, 4) is 0 Å². The number of tetrazole rings is 1. The number of fused-ring (bicyclic) bond motifs is 1. The highest BCUT2D eigenvalue weighted by atomic mass is 35.5. The second-order valence-electron chi connectivity index (χ2n) is 7.87. The van der Waals surface area contributed by atoms with Gasteiger partial charge in [-0.3, -0.25) is 4.79 Å². The maximum atomic E-state index is 10.6. The molecule has 0 unspecified atom stereocenters. The average Bonchev–Trinajstić information content (AvgIpc) is 3.32. The Kier molecular flexibility index (Phi) is 6.77. The number of halogens is 2. The van der Waals surface area contributed by atoms with E-state index in [1.54, 1.807) is 6.07 Å². The highest BCUT2D eigenvalue weighted by Gasteiger charge is 2.14. The zero-order valence-electron chi connectivity index (χ0n) is 17.6. The van der Waals surface area contributed by atoms with Crippen molar-refractivity contribution in [3.05, 3.63) is 75.2 Å². The number of hydrogen-bond acceptors (Lipinski definition) is 4. The maximum absolute atomic E-state index is 10.6. The summed E-state index contributed by atoms with van der Waals surface area (Å²) in [5.74, 6) is -0.155. The molecule has 9 heteroatoms. The van der Waals surface area contributed by atoms with E-state index in [-0.39, 0.29) is 6.42 Å².